The molecule has 29 heavy (non-hydrogen) atoms. The summed E-state index contributed by atoms with van der Waals surface area (Å²) in [4.78, 5) is 35.7. The van der Waals surface area contributed by atoms with Crippen LogP contribution in [0.1, 0.15) is 23.0 Å². The number of carbonyl (C=O) groups is 1. The average Bonchev–Trinajstić information content (AvgIpc) is 3.00. The highest BCUT2D eigenvalue weighted by molar-refractivity contribution is 5.91. The molecular formula is C16H13F3N2O8. The molecule has 4 N–H and O–H groups in total. The van der Waals surface area contributed by atoms with Gasteiger partial charge in [-0.25, -0.2) is 14.0 Å². The van der Waals surface area contributed by atoms with Crippen LogP contribution in [0.4, 0.5) is 13.2 Å². The molecule has 1 aliphatic rings. The lowest BCUT2D eigenvalue weighted by molar-refractivity contribution is -0.0421. The first kappa shape index (κ1) is 20.4. The quantitative estimate of drug-likeness (QED) is 0.499. The number of rotatable bonds is 5. The monoisotopic (exact) mass is 418 g/mol. The number of hydrogen-bond acceptors (Lipinski definition) is 7. The molecule has 10 nitrogen and oxygen atoms in total. The zero-order valence-corrected chi connectivity index (χ0v) is 14.3. The Labute approximate surface area is 158 Å². The second-order valence-electron chi connectivity index (χ2n) is 6.06. The fourth-order valence-corrected chi connectivity index (χ4v) is 2.80. The lowest BCUT2D eigenvalue weighted by atomic mass is 10.1. The number of hydrogen-bond donors (Lipinski definition) is 4. The summed E-state index contributed by atoms with van der Waals surface area (Å²) in [5.74, 6) is -11.0. The van der Waals surface area contributed by atoms with Gasteiger partial charge in [0.2, 0.25) is 11.6 Å². The van der Waals surface area contributed by atoms with Crippen molar-refractivity contribution >= 4 is 5.97 Å². The van der Waals surface area contributed by atoms with Gasteiger partial charge in [0.1, 0.15) is 24.5 Å². The highest BCUT2D eigenvalue weighted by atomic mass is 19.2. The fourth-order valence-electron chi connectivity index (χ4n) is 2.80. The van der Waals surface area contributed by atoms with Crippen molar-refractivity contribution in [2.75, 3.05) is 6.61 Å². The molecular weight excluding hydrogens is 405 g/mol. The molecule has 1 aromatic carbocycles. The summed E-state index contributed by atoms with van der Waals surface area (Å²) in [6.45, 7) is -0.727. The number of benzene rings is 1. The third-order valence-corrected chi connectivity index (χ3v) is 4.23. The molecule has 3 unspecified atom stereocenters. The van der Waals surface area contributed by atoms with Gasteiger partial charge in [-0.15, -0.1) is 0 Å². The molecule has 2 aromatic rings. The molecule has 0 amide bonds. The zero-order chi connectivity index (χ0) is 21.5. The van der Waals surface area contributed by atoms with Crippen LogP contribution in [-0.2, 0) is 4.74 Å². The van der Waals surface area contributed by atoms with Gasteiger partial charge >= 0.3 is 11.7 Å². The number of nitrogens with zero attached hydrogens (tertiary/aromatic N) is 1. The van der Waals surface area contributed by atoms with E-state index in [0.29, 0.717) is 0 Å². The second-order valence-corrected chi connectivity index (χ2v) is 6.06. The summed E-state index contributed by atoms with van der Waals surface area (Å²) < 4.78 is 52.9. The summed E-state index contributed by atoms with van der Waals surface area (Å²) >= 11 is 0. The van der Waals surface area contributed by atoms with E-state index in [1.165, 1.54) is 0 Å². The Kier molecular flexibility index (Phi) is 5.35. The maximum atomic E-state index is 14.0. The Balaban J connectivity index is 1.79. The summed E-state index contributed by atoms with van der Waals surface area (Å²) in [5, 5.41) is 28.2. The van der Waals surface area contributed by atoms with E-state index < -0.39 is 76.8 Å². The maximum Gasteiger partial charge on any atom is 0.342 e. The van der Waals surface area contributed by atoms with Crippen LogP contribution in [0.3, 0.4) is 0 Å². The third-order valence-electron chi connectivity index (χ3n) is 4.23. The molecule has 0 bridgehead atoms. The molecule has 13 heteroatoms. The number of halogens is 3. The average molecular weight is 418 g/mol. The number of H-pyrrole nitrogens is 1. The number of carboxylic acid groups (broad SMARTS) is 1. The first-order chi connectivity index (χ1) is 13.6. The number of ether oxygens (including phenoxy) is 2. The summed E-state index contributed by atoms with van der Waals surface area (Å²) in [6, 6.07) is 1.04. The fraction of sp³-hybridized carbons (Fsp3) is 0.312. The van der Waals surface area contributed by atoms with E-state index in [1.54, 1.807) is 0 Å². The van der Waals surface area contributed by atoms with Crippen molar-refractivity contribution < 1.29 is 42.8 Å². The van der Waals surface area contributed by atoms with Crippen LogP contribution in [0.25, 0.3) is 0 Å². The Bertz CT molecular complexity index is 1050. The Hall–Kier alpha value is -3.32. The van der Waals surface area contributed by atoms with Crippen molar-refractivity contribution in [3.63, 3.8) is 0 Å². The molecule has 1 fully saturated rings. The minimum atomic E-state index is -2.09. The maximum absolute atomic E-state index is 14.0. The summed E-state index contributed by atoms with van der Waals surface area (Å²) in [5.41, 5.74) is -3.06. The number of aliphatic hydroxyl groups is 1. The Morgan fingerprint density at radius 2 is 1.97 bits per heavy atom. The number of aromatic carboxylic acids is 1. The van der Waals surface area contributed by atoms with Gasteiger partial charge in [0.25, 0.3) is 5.56 Å². The van der Waals surface area contributed by atoms with Crippen LogP contribution >= 0.6 is 0 Å². The van der Waals surface area contributed by atoms with E-state index in [-0.39, 0.29) is 6.42 Å². The van der Waals surface area contributed by atoms with Crippen LogP contribution in [0.15, 0.2) is 21.9 Å². The van der Waals surface area contributed by atoms with E-state index in [9.17, 15) is 37.8 Å². The van der Waals surface area contributed by atoms with Gasteiger partial charge in [-0.05, 0) is 0 Å². The number of aliphatic hydroxyl groups excluding tert-OH is 1. The number of nitrogens with one attached hydrogen (secondary N) is 1. The predicted octanol–water partition coefficient (Wildman–Crippen LogP) is 0.0851. The predicted molar refractivity (Wildman–Crippen MR) is 86.3 cm³/mol. The third kappa shape index (κ3) is 3.69. The second kappa shape index (κ2) is 7.60. The van der Waals surface area contributed by atoms with Crippen LogP contribution in [-0.4, -0.2) is 49.7 Å². The van der Waals surface area contributed by atoms with Gasteiger partial charge in [-0.1, -0.05) is 0 Å². The minimum absolute atomic E-state index is 0.136. The highest BCUT2D eigenvalue weighted by Crippen LogP contribution is 2.36. The summed E-state index contributed by atoms with van der Waals surface area (Å²) in [7, 11) is 0. The van der Waals surface area contributed by atoms with Crippen molar-refractivity contribution in [2.45, 2.75) is 24.9 Å². The molecule has 0 saturated carbocycles. The molecule has 1 aliphatic heterocycles. The lowest BCUT2D eigenvalue weighted by Gasteiger charge is -2.18. The lowest BCUT2D eigenvalue weighted by Crippen LogP contribution is -2.32. The SMILES string of the molecule is O=C(O)c1c(O)c(F)c(OCC2OC(n3ccc(=O)[nH]c3=O)CC2O)c(F)c1F. The first-order valence-corrected chi connectivity index (χ1v) is 8.02. The van der Waals surface area contributed by atoms with Crippen molar-refractivity contribution in [1.82, 2.24) is 9.55 Å². The van der Waals surface area contributed by atoms with Crippen LogP contribution in [0.5, 0.6) is 11.5 Å². The number of aromatic hydroxyl groups is 1. The largest absolute Gasteiger partial charge is 0.504 e. The van der Waals surface area contributed by atoms with Gasteiger partial charge in [-0.3, -0.25) is 14.3 Å². The minimum Gasteiger partial charge on any atom is -0.504 e. The molecule has 3 atom stereocenters. The van der Waals surface area contributed by atoms with E-state index in [2.05, 4.69) is 0 Å². The number of carboxylic acids is 1. The first-order valence-electron chi connectivity index (χ1n) is 8.02. The molecule has 0 radical (unpaired) electrons. The molecule has 3 rings (SSSR count). The standard InChI is InChI=1S/C16H13F3N2O8/c17-10-9(15(25)26)13(24)12(19)14(11(10)18)28-4-6-5(22)3-8(29-6)21-2-1-7(23)20-16(21)27/h1-2,5-6,8,22,24H,3-4H2,(H,25,26)(H,20,23,27). The molecule has 0 spiro atoms. The van der Waals surface area contributed by atoms with Crippen LogP contribution in [0, 0.1) is 17.5 Å². The van der Waals surface area contributed by atoms with E-state index in [0.717, 1.165) is 16.8 Å². The van der Waals surface area contributed by atoms with Crippen molar-refractivity contribution in [1.29, 1.82) is 0 Å². The Morgan fingerprint density at radius 1 is 1.28 bits per heavy atom. The summed E-state index contributed by atoms with van der Waals surface area (Å²) in [6.07, 6.45) is -2.53. The van der Waals surface area contributed by atoms with Crippen LogP contribution in [0.2, 0.25) is 0 Å². The van der Waals surface area contributed by atoms with Gasteiger partial charge in [-0.2, -0.15) is 8.78 Å². The van der Waals surface area contributed by atoms with Crippen molar-refractivity contribution in [3.8, 4) is 11.5 Å². The smallest absolute Gasteiger partial charge is 0.342 e. The molecule has 2 heterocycles. The van der Waals surface area contributed by atoms with Gasteiger partial charge in [0, 0.05) is 18.7 Å². The Morgan fingerprint density at radius 3 is 2.59 bits per heavy atom. The topological polar surface area (TPSA) is 151 Å². The van der Waals surface area contributed by atoms with E-state index in [4.69, 9.17) is 14.6 Å². The number of phenols is 1. The van der Waals surface area contributed by atoms with Crippen molar-refractivity contribution in [2.24, 2.45) is 0 Å². The number of aromatic amines is 1. The zero-order valence-electron chi connectivity index (χ0n) is 14.3. The van der Waals surface area contributed by atoms with Gasteiger partial charge in [0.15, 0.2) is 17.3 Å². The van der Waals surface area contributed by atoms with E-state index >= 15 is 0 Å². The normalized spacial score (nSPS) is 21.3. The van der Waals surface area contributed by atoms with Crippen LogP contribution < -0.4 is 16.0 Å². The van der Waals surface area contributed by atoms with Gasteiger partial charge < -0.3 is 24.8 Å². The van der Waals surface area contributed by atoms with E-state index in [1.807, 2.05) is 4.98 Å². The molecule has 1 saturated heterocycles. The highest BCUT2D eigenvalue weighted by Gasteiger charge is 2.37. The molecule has 0 aliphatic carbocycles. The molecule has 1 aromatic heterocycles. The van der Waals surface area contributed by atoms with Crippen molar-refractivity contribution in [3.05, 3.63) is 56.1 Å². The number of aromatic nitrogens is 2. The molecule has 156 valence electrons. The van der Waals surface area contributed by atoms with Gasteiger partial charge in [0.05, 0.1) is 6.10 Å².